The van der Waals surface area contributed by atoms with Crippen molar-refractivity contribution in [2.45, 2.75) is 32.5 Å². The molecule has 1 heterocycles. The number of ether oxygens (including phenoxy) is 1. The summed E-state index contributed by atoms with van der Waals surface area (Å²) in [5, 5.41) is 16.6. The van der Waals surface area contributed by atoms with Crippen LogP contribution in [0.25, 0.3) is 0 Å². The van der Waals surface area contributed by atoms with Crippen molar-refractivity contribution < 1.29 is 9.84 Å². The molecular weight excluding hydrogens is 288 g/mol. The van der Waals surface area contributed by atoms with Gasteiger partial charge < -0.3 is 20.5 Å². The van der Waals surface area contributed by atoms with E-state index in [0.29, 0.717) is 30.5 Å². The molecule has 0 bridgehead atoms. The molecule has 0 aliphatic heterocycles. The van der Waals surface area contributed by atoms with E-state index in [1.165, 1.54) is 0 Å². The van der Waals surface area contributed by atoms with Gasteiger partial charge in [0.1, 0.15) is 18.2 Å². The molecule has 1 aromatic heterocycles. The summed E-state index contributed by atoms with van der Waals surface area (Å²) in [7, 11) is 1.62. The van der Waals surface area contributed by atoms with Crippen molar-refractivity contribution in [3.8, 4) is 0 Å². The summed E-state index contributed by atoms with van der Waals surface area (Å²) >= 11 is 1.61. The Morgan fingerprint density at radius 2 is 2.00 bits per heavy atom. The third-order valence-corrected chi connectivity index (χ3v) is 3.62. The van der Waals surface area contributed by atoms with Crippen LogP contribution in [-0.4, -0.2) is 52.9 Å². The molecule has 1 aromatic rings. The molecule has 0 aliphatic carbocycles. The zero-order valence-electron chi connectivity index (χ0n) is 13.3. The average Bonchev–Trinajstić information content (AvgIpc) is 2.43. The lowest BCUT2D eigenvalue weighted by atomic mass is 10.1. The molecule has 120 valence electrons. The normalized spacial score (nSPS) is 13.8. The highest BCUT2D eigenvalue weighted by Gasteiger charge is 2.19. The Balaban J connectivity index is 2.77. The fraction of sp³-hybridized carbons (Fsp3) is 0.714. The summed E-state index contributed by atoms with van der Waals surface area (Å²) in [6.07, 6.45) is 3.00. The maximum Gasteiger partial charge on any atom is 0.158 e. The molecule has 1 atom stereocenters. The second-order valence-corrected chi connectivity index (χ2v) is 6.06. The maximum absolute atomic E-state index is 10.2. The number of rotatable bonds is 10. The van der Waals surface area contributed by atoms with Gasteiger partial charge in [-0.1, -0.05) is 6.92 Å². The van der Waals surface area contributed by atoms with Gasteiger partial charge in [0.2, 0.25) is 0 Å². The summed E-state index contributed by atoms with van der Waals surface area (Å²) in [4.78, 5) is 8.78. The number of anilines is 2. The van der Waals surface area contributed by atoms with Crippen LogP contribution in [0.5, 0.6) is 0 Å². The molecule has 0 amide bonds. The minimum atomic E-state index is -0.775. The van der Waals surface area contributed by atoms with Crippen molar-refractivity contribution in [3.05, 3.63) is 11.9 Å². The highest BCUT2D eigenvalue weighted by Crippen LogP contribution is 2.15. The first-order valence-electron chi connectivity index (χ1n) is 7.06. The second kappa shape index (κ2) is 9.07. The van der Waals surface area contributed by atoms with Crippen molar-refractivity contribution in [2.24, 2.45) is 0 Å². The monoisotopic (exact) mass is 314 g/mol. The van der Waals surface area contributed by atoms with E-state index < -0.39 is 5.60 Å². The number of aliphatic hydroxyl groups is 1. The van der Waals surface area contributed by atoms with Crippen molar-refractivity contribution in [2.75, 3.05) is 42.8 Å². The van der Waals surface area contributed by atoms with Crippen LogP contribution in [0.3, 0.4) is 0 Å². The highest BCUT2D eigenvalue weighted by molar-refractivity contribution is 7.98. The van der Waals surface area contributed by atoms with E-state index in [1.807, 2.05) is 19.2 Å². The van der Waals surface area contributed by atoms with Gasteiger partial charge in [0.25, 0.3) is 0 Å². The Morgan fingerprint density at radius 1 is 1.33 bits per heavy atom. The van der Waals surface area contributed by atoms with Crippen molar-refractivity contribution in [1.29, 1.82) is 0 Å². The van der Waals surface area contributed by atoms with Crippen molar-refractivity contribution in [3.63, 3.8) is 0 Å². The van der Waals surface area contributed by atoms with Gasteiger partial charge in [-0.05, 0) is 19.6 Å². The number of nitrogens with one attached hydrogen (secondary N) is 2. The second-order valence-electron chi connectivity index (χ2n) is 5.20. The molecule has 0 spiro atoms. The molecule has 0 radical (unpaired) electrons. The maximum atomic E-state index is 10.2. The first-order valence-corrected chi connectivity index (χ1v) is 8.46. The molecule has 0 saturated carbocycles. The van der Waals surface area contributed by atoms with Gasteiger partial charge in [-0.3, -0.25) is 0 Å². The lowest BCUT2D eigenvalue weighted by Crippen LogP contribution is -2.36. The molecule has 0 aliphatic rings. The van der Waals surface area contributed by atoms with Gasteiger partial charge in [-0.15, -0.1) is 0 Å². The molecule has 0 aromatic carbocycles. The smallest absolute Gasteiger partial charge is 0.158 e. The first-order chi connectivity index (χ1) is 10.0. The Hall–Kier alpha value is -1.05. The summed E-state index contributed by atoms with van der Waals surface area (Å²) in [5.74, 6) is 2.74. The zero-order chi connectivity index (χ0) is 15.7. The van der Waals surface area contributed by atoms with E-state index in [0.717, 1.165) is 18.8 Å². The molecule has 7 heteroatoms. The predicted molar refractivity (Wildman–Crippen MR) is 89.0 cm³/mol. The minimum Gasteiger partial charge on any atom is -0.387 e. The number of aromatic nitrogens is 2. The van der Waals surface area contributed by atoms with E-state index in [1.54, 1.807) is 18.9 Å². The lowest BCUT2D eigenvalue weighted by Gasteiger charge is -2.23. The molecule has 6 nitrogen and oxygen atoms in total. The van der Waals surface area contributed by atoms with Gasteiger partial charge in [0.15, 0.2) is 5.82 Å². The van der Waals surface area contributed by atoms with Gasteiger partial charge in [-0.2, -0.15) is 11.8 Å². The van der Waals surface area contributed by atoms with Gasteiger partial charge in [0, 0.05) is 32.0 Å². The summed E-state index contributed by atoms with van der Waals surface area (Å²) in [6.45, 7) is 5.56. The standard InChI is InChI=1S/C14H26N4O2S/c1-5-6-15-11-7-12(18-13(17-11)8-20-3)16-9-14(2,19)10-21-4/h7,19H,5-6,8-10H2,1-4H3,(H2,15,16,17,18). The molecule has 1 rings (SSSR count). The molecule has 0 saturated heterocycles. The fourth-order valence-corrected chi connectivity index (χ4v) is 2.49. The molecule has 21 heavy (non-hydrogen) atoms. The van der Waals surface area contributed by atoms with Crippen LogP contribution < -0.4 is 10.6 Å². The summed E-state index contributed by atoms with van der Waals surface area (Å²) in [5.41, 5.74) is -0.775. The van der Waals surface area contributed by atoms with Crippen LogP contribution in [0.4, 0.5) is 11.6 Å². The molecule has 1 unspecified atom stereocenters. The van der Waals surface area contributed by atoms with Gasteiger partial charge >= 0.3 is 0 Å². The van der Waals surface area contributed by atoms with Crippen LogP contribution in [0.1, 0.15) is 26.1 Å². The summed E-state index contributed by atoms with van der Waals surface area (Å²) < 4.78 is 5.09. The molecular formula is C14H26N4O2S. The van der Waals surface area contributed by atoms with Crippen LogP contribution in [0, 0.1) is 0 Å². The van der Waals surface area contributed by atoms with Crippen LogP contribution in [-0.2, 0) is 11.3 Å². The predicted octanol–water partition coefficient (Wildman–Crippen LogP) is 1.97. The largest absolute Gasteiger partial charge is 0.387 e. The van der Waals surface area contributed by atoms with E-state index in [4.69, 9.17) is 4.74 Å². The molecule has 0 fully saturated rings. The fourth-order valence-electron chi connectivity index (χ4n) is 1.77. The van der Waals surface area contributed by atoms with E-state index in [9.17, 15) is 5.11 Å². The minimum absolute atomic E-state index is 0.359. The van der Waals surface area contributed by atoms with Crippen LogP contribution in [0.15, 0.2) is 6.07 Å². The number of hydrogen-bond donors (Lipinski definition) is 3. The SMILES string of the molecule is CCCNc1cc(NCC(C)(O)CSC)nc(COC)n1. The van der Waals surface area contributed by atoms with E-state index in [-0.39, 0.29) is 0 Å². The van der Waals surface area contributed by atoms with Gasteiger partial charge in [-0.25, -0.2) is 9.97 Å². The van der Waals surface area contributed by atoms with Crippen LogP contribution in [0.2, 0.25) is 0 Å². The third-order valence-electron chi connectivity index (χ3n) is 2.71. The number of methoxy groups -OCH3 is 1. The Bertz CT molecular complexity index is 429. The van der Waals surface area contributed by atoms with Crippen molar-refractivity contribution in [1.82, 2.24) is 9.97 Å². The summed E-state index contributed by atoms with van der Waals surface area (Å²) in [6, 6.07) is 1.85. The highest BCUT2D eigenvalue weighted by atomic mass is 32.2. The first kappa shape index (κ1) is 18.0. The average molecular weight is 314 g/mol. The lowest BCUT2D eigenvalue weighted by molar-refractivity contribution is 0.0996. The van der Waals surface area contributed by atoms with E-state index >= 15 is 0 Å². The quantitative estimate of drug-likeness (QED) is 0.609. The topological polar surface area (TPSA) is 79.3 Å². The van der Waals surface area contributed by atoms with Crippen LogP contribution >= 0.6 is 11.8 Å². The van der Waals surface area contributed by atoms with Crippen molar-refractivity contribution >= 4 is 23.4 Å². The molecule has 3 N–H and O–H groups in total. The Kier molecular flexibility index (Phi) is 7.77. The Morgan fingerprint density at radius 3 is 2.57 bits per heavy atom. The van der Waals surface area contributed by atoms with Gasteiger partial charge in [0.05, 0.1) is 5.60 Å². The number of nitrogens with zero attached hydrogens (tertiary/aromatic N) is 2. The van der Waals surface area contributed by atoms with E-state index in [2.05, 4.69) is 27.5 Å². The number of hydrogen-bond acceptors (Lipinski definition) is 7. The third kappa shape index (κ3) is 6.97. The zero-order valence-corrected chi connectivity index (χ0v) is 14.1. The Labute approximate surface area is 131 Å². The number of thioether (sulfide) groups is 1.